The molecule has 0 fully saturated rings. The smallest absolute Gasteiger partial charge is 0.258 e. The summed E-state index contributed by atoms with van der Waals surface area (Å²) >= 11 is 0. The van der Waals surface area contributed by atoms with Crippen LogP contribution in [0.4, 0.5) is 0 Å². The van der Waals surface area contributed by atoms with Crippen LogP contribution in [-0.2, 0) is 17.4 Å². The highest BCUT2D eigenvalue weighted by atomic mass is 31.2. The van der Waals surface area contributed by atoms with E-state index in [1.165, 1.54) is 88.2 Å². The molecular formula is C28H43O2P. The minimum atomic E-state index is -3.53. The van der Waals surface area contributed by atoms with Gasteiger partial charge in [0.2, 0.25) is 0 Å². The predicted octanol–water partition coefficient (Wildman–Crippen LogP) is 7.71. The highest BCUT2D eigenvalue weighted by molar-refractivity contribution is 7.73. The van der Waals surface area contributed by atoms with E-state index in [4.69, 9.17) is 0 Å². The van der Waals surface area contributed by atoms with Crippen molar-refractivity contribution in [3.63, 3.8) is 0 Å². The summed E-state index contributed by atoms with van der Waals surface area (Å²) in [6.07, 6.45) is 17.6. The molecule has 172 valence electrons. The van der Waals surface area contributed by atoms with E-state index < -0.39 is 7.37 Å². The number of rotatable bonds is 16. The maximum Gasteiger partial charge on any atom is 0.258 e. The number of aryl methyl sites for hydroxylation is 2. The molecule has 0 aliphatic rings. The second-order valence-corrected chi connectivity index (χ2v) is 11.1. The lowest BCUT2D eigenvalue weighted by Gasteiger charge is -2.13. The Morgan fingerprint density at radius 1 is 0.548 bits per heavy atom. The molecule has 2 aromatic rings. The van der Waals surface area contributed by atoms with Gasteiger partial charge in [-0.2, -0.15) is 0 Å². The SMILES string of the molecule is CCCCCCCCc1ccc(P(=O)(O)c2ccc(CCCCCCCC)cc2)cc1. The topological polar surface area (TPSA) is 37.3 Å². The van der Waals surface area contributed by atoms with Crippen LogP contribution in [0, 0.1) is 0 Å². The molecule has 2 nitrogen and oxygen atoms in total. The molecule has 0 amide bonds. The van der Waals surface area contributed by atoms with Gasteiger partial charge in [0, 0.05) is 10.6 Å². The van der Waals surface area contributed by atoms with Crippen molar-refractivity contribution in [3.05, 3.63) is 59.7 Å². The number of unbranched alkanes of at least 4 members (excludes halogenated alkanes) is 10. The van der Waals surface area contributed by atoms with Gasteiger partial charge in [-0.1, -0.05) is 102 Å². The molecule has 0 bridgehead atoms. The zero-order chi connectivity index (χ0) is 22.4. The number of benzene rings is 2. The van der Waals surface area contributed by atoms with Gasteiger partial charge in [-0.3, -0.25) is 4.57 Å². The van der Waals surface area contributed by atoms with Gasteiger partial charge < -0.3 is 4.89 Å². The van der Waals surface area contributed by atoms with Crippen LogP contribution in [-0.4, -0.2) is 4.89 Å². The fourth-order valence-electron chi connectivity index (χ4n) is 4.10. The van der Waals surface area contributed by atoms with Crippen LogP contribution in [0.25, 0.3) is 0 Å². The fourth-order valence-corrected chi connectivity index (χ4v) is 5.50. The molecule has 0 heterocycles. The summed E-state index contributed by atoms with van der Waals surface area (Å²) < 4.78 is 13.1. The number of hydrogen-bond acceptors (Lipinski definition) is 1. The van der Waals surface area contributed by atoms with Gasteiger partial charge in [0.25, 0.3) is 7.37 Å². The zero-order valence-corrected chi connectivity index (χ0v) is 20.7. The molecule has 0 unspecified atom stereocenters. The fraction of sp³-hybridized carbons (Fsp3) is 0.571. The third-order valence-electron chi connectivity index (χ3n) is 6.21. The molecule has 0 aliphatic carbocycles. The van der Waals surface area contributed by atoms with E-state index in [-0.39, 0.29) is 0 Å². The van der Waals surface area contributed by atoms with Gasteiger partial charge in [0.05, 0.1) is 0 Å². The Bertz CT molecular complexity index is 701. The van der Waals surface area contributed by atoms with Crippen LogP contribution in [0.3, 0.4) is 0 Å². The van der Waals surface area contributed by atoms with Crippen LogP contribution in [0.15, 0.2) is 48.5 Å². The Labute approximate surface area is 190 Å². The first-order valence-corrected chi connectivity index (χ1v) is 14.3. The van der Waals surface area contributed by atoms with Crippen LogP contribution in [0.2, 0.25) is 0 Å². The van der Waals surface area contributed by atoms with Crippen molar-refractivity contribution in [1.29, 1.82) is 0 Å². The summed E-state index contributed by atoms with van der Waals surface area (Å²) in [4.78, 5) is 10.8. The second-order valence-electron chi connectivity index (χ2n) is 8.94. The lowest BCUT2D eigenvalue weighted by Crippen LogP contribution is -2.15. The normalized spacial score (nSPS) is 11.7. The van der Waals surface area contributed by atoms with Crippen molar-refractivity contribution in [3.8, 4) is 0 Å². The second kappa shape index (κ2) is 14.6. The largest absolute Gasteiger partial charge is 0.338 e. The Balaban J connectivity index is 1.83. The maximum absolute atomic E-state index is 13.1. The van der Waals surface area contributed by atoms with Crippen LogP contribution >= 0.6 is 7.37 Å². The molecule has 3 heteroatoms. The highest BCUT2D eigenvalue weighted by Crippen LogP contribution is 2.38. The Hall–Kier alpha value is -1.37. The molecule has 0 saturated carbocycles. The molecule has 0 aromatic heterocycles. The quantitative estimate of drug-likeness (QED) is 0.213. The third kappa shape index (κ3) is 9.34. The van der Waals surface area contributed by atoms with Gasteiger partial charge in [-0.15, -0.1) is 0 Å². The molecule has 0 spiro atoms. The number of hydrogen-bond donors (Lipinski definition) is 1. The van der Waals surface area contributed by atoms with Crippen molar-refractivity contribution in [2.75, 3.05) is 0 Å². The molecule has 0 aliphatic heterocycles. The zero-order valence-electron chi connectivity index (χ0n) is 19.8. The Morgan fingerprint density at radius 3 is 1.23 bits per heavy atom. The lowest BCUT2D eigenvalue weighted by atomic mass is 10.1. The average molecular weight is 443 g/mol. The van der Waals surface area contributed by atoms with Gasteiger partial charge >= 0.3 is 0 Å². The highest BCUT2D eigenvalue weighted by Gasteiger charge is 2.23. The minimum Gasteiger partial charge on any atom is -0.338 e. The van der Waals surface area contributed by atoms with Gasteiger partial charge in [0.15, 0.2) is 0 Å². The van der Waals surface area contributed by atoms with E-state index in [9.17, 15) is 9.46 Å². The van der Waals surface area contributed by atoms with E-state index >= 15 is 0 Å². The van der Waals surface area contributed by atoms with Gasteiger partial charge in [-0.25, -0.2) is 0 Å². The summed E-state index contributed by atoms with van der Waals surface area (Å²) in [7, 11) is -3.53. The predicted molar refractivity (Wildman–Crippen MR) is 136 cm³/mol. The van der Waals surface area contributed by atoms with Crippen LogP contribution in [0.1, 0.15) is 102 Å². The molecule has 0 saturated heterocycles. The van der Waals surface area contributed by atoms with E-state index in [2.05, 4.69) is 13.8 Å². The summed E-state index contributed by atoms with van der Waals surface area (Å²) in [6.45, 7) is 4.48. The molecule has 31 heavy (non-hydrogen) atoms. The van der Waals surface area contributed by atoms with E-state index in [0.29, 0.717) is 10.6 Å². The molecule has 0 atom stereocenters. The first-order valence-electron chi connectivity index (χ1n) is 12.6. The summed E-state index contributed by atoms with van der Waals surface area (Å²) in [5.74, 6) is 0. The van der Waals surface area contributed by atoms with E-state index in [1.54, 1.807) is 0 Å². The van der Waals surface area contributed by atoms with Crippen molar-refractivity contribution in [1.82, 2.24) is 0 Å². The van der Waals surface area contributed by atoms with Crippen molar-refractivity contribution >= 4 is 18.0 Å². The molecule has 2 aromatic carbocycles. The monoisotopic (exact) mass is 442 g/mol. The minimum absolute atomic E-state index is 0.530. The van der Waals surface area contributed by atoms with E-state index in [0.717, 1.165) is 12.8 Å². The molecule has 1 N–H and O–H groups in total. The summed E-state index contributed by atoms with van der Waals surface area (Å²) in [5, 5.41) is 1.06. The summed E-state index contributed by atoms with van der Waals surface area (Å²) in [6, 6.07) is 15.5. The third-order valence-corrected chi connectivity index (χ3v) is 8.21. The van der Waals surface area contributed by atoms with Crippen molar-refractivity contribution in [2.45, 2.75) is 104 Å². The van der Waals surface area contributed by atoms with Crippen molar-refractivity contribution < 1.29 is 9.46 Å². The molecular weight excluding hydrogens is 399 g/mol. The maximum atomic E-state index is 13.1. The molecule has 2 rings (SSSR count). The van der Waals surface area contributed by atoms with Gasteiger partial charge in [0.1, 0.15) is 0 Å². The first-order chi connectivity index (χ1) is 15.1. The van der Waals surface area contributed by atoms with Crippen molar-refractivity contribution in [2.24, 2.45) is 0 Å². The Morgan fingerprint density at radius 2 is 0.871 bits per heavy atom. The average Bonchev–Trinajstić information content (AvgIpc) is 2.79. The van der Waals surface area contributed by atoms with E-state index in [1.807, 2.05) is 48.5 Å². The van der Waals surface area contributed by atoms with Gasteiger partial charge in [-0.05, 0) is 61.1 Å². The molecule has 0 radical (unpaired) electrons. The first kappa shape index (κ1) is 25.9. The Kier molecular flexibility index (Phi) is 12.2. The lowest BCUT2D eigenvalue weighted by molar-refractivity contribution is 0.501. The van der Waals surface area contributed by atoms with Crippen LogP contribution in [0.5, 0.6) is 0 Å². The summed E-state index contributed by atoms with van der Waals surface area (Å²) in [5.41, 5.74) is 2.52. The van der Waals surface area contributed by atoms with Crippen LogP contribution < -0.4 is 10.6 Å². The standard InChI is InChI=1S/C28H43O2P/c1-3-5-7-9-11-13-15-25-17-21-27(22-18-25)31(29,30)28-23-19-26(20-24-28)16-14-12-10-8-6-4-2/h17-24H,3-16H2,1-2H3,(H,29,30).